The van der Waals surface area contributed by atoms with E-state index >= 15 is 0 Å². The molecule has 2 atom stereocenters. The molecule has 0 aliphatic heterocycles. The molecule has 1 rings (SSSR count). The summed E-state index contributed by atoms with van der Waals surface area (Å²) in [7, 11) is 1.75. The van der Waals surface area contributed by atoms with Crippen molar-refractivity contribution in [3.05, 3.63) is 35.4 Å². The quantitative estimate of drug-likeness (QED) is 0.687. The zero-order valence-electron chi connectivity index (χ0n) is 10.4. The Hall–Kier alpha value is -0.530. The van der Waals surface area contributed by atoms with E-state index in [-0.39, 0.29) is 6.10 Å². The molecule has 0 heterocycles. The Morgan fingerprint density at radius 3 is 2.38 bits per heavy atom. The molecule has 0 saturated heterocycles. The molecule has 0 aliphatic rings. The van der Waals surface area contributed by atoms with Gasteiger partial charge in [-0.15, -0.1) is 11.6 Å². The minimum absolute atomic E-state index is 0.286. The van der Waals surface area contributed by atoms with Crippen molar-refractivity contribution in [2.75, 3.05) is 13.0 Å². The van der Waals surface area contributed by atoms with Crippen molar-refractivity contribution < 1.29 is 4.74 Å². The lowest BCUT2D eigenvalue weighted by Gasteiger charge is -2.18. The van der Waals surface area contributed by atoms with Crippen molar-refractivity contribution >= 4 is 11.6 Å². The van der Waals surface area contributed by atoms with Crippen molar-refractivity contribution in [2.45, 2.75) is 32.8 Å². The molecule has 2 unspecified atom stereocenters. The molecule has 0 fully saturated rings. The van der Waals surface area contributed by atoms with Gasteiger partial charge in [-0.25, -0.2) is 0 Å². The molecule has 90 valence electrons. The second-order valence-electron chi connectivity index (χ2n) is 4.49. The summed E-state index contributed by atoms with van der Waals surface area (Å²) in [6, 6.07) is 8.68. The van der Waals surface area contributed by atoms with E-state index in [4.69, 9.17) is 16.3 Å². The van der Waals surface area contributed by atoms with Crippen molar-refractivity contribution in [3.63, 3.8) is 0 Å². The maximum absolute atomic E-state index is 5.99. The SMILES string of the molecule is COC(C)CC(CCl)Cc1ccc(C)cc1. The molecule has 16 heavy (non-hydrogen) atoms. The van der Waals surface area contributed by atoms with Crippen LogP contribution in [0.25, 0.3) is 0 Å². The molecule has 1 aromatic carbocycles. The van der Waals surface area contributed by atoms with Crippen LogP contribution in [0.1, 0.15) is 24.5 Å². The summed E-state index contributed by atoms with van der Waals surface area (Å²) in [6.45, 7) is 4.20. The Morgan fingerprint density at radius 2 is 1.88 bits per heavy atom. The maximum Gasteiger partial charge on any atom is 0.0546 e. The minimum Gasteiger partial charge on any atom is -0.382 e. The standard InChI is InChI=1S/C14H21ClO/c1-11-4-6-13(7-5-11)9-14(10-15)8-12(2)16-3/h4-7,12,14H,8-10H2,1-3H3. The highest BCUT2D eigenvalue weighted by atomic mass is 35.5. The Morgan fingerprint density at radius 1 is 1.25 bits per heavy atom. The molecular weight excluding hydrogens is 220 g/mol. The molecule has 0 aromatic heterocycles. The van der Waals surface area contributed by atoms with Gasteiger partial charge in [-0.2, -0.15) is 0 Å². The number of rotatable bonds is 6. The second kappa shape index (κ2) is 6.93. The average Bonchev–Trinajstić information content (AvgIpc) is 2.30. The highest BCUT2D eigenvalue weighted by Crippen LogP contribution is 2.17. The predicted molar refractivity (Wildman–Crippen MR) is 70.2 cm³/mol. The van der Waals surface area contributed by atoms with Crippen LogP contribution in [0.4, 0.5) is 0 Å². The van der Waals surface area contributed by atoms with Gasteiger partial charge in [-0.05, 0) is 38.2 Å². The molecule has 1 nitrogen and oxygen atoms in total. The first kappa shape index (κ1) is 13.5. The molecular formula is C14H21ClO. The van der Waals surface area contributed by atoms with Crippen molar-refractivity contribution in [1.29, 1.82) is 0 Å². The Bertz CT molecular complexity index is 294. The first-order valence-electron chi connectivity index (χ1n) is 5.80. The van der Waals surface area contributed by atoms with Gasteiger partial charge in [0, 0.05) is 13.0 Å². The van der Waals surface area contributed by atoms with E-state index in [0.29, 0.717) is 11.8 Å². The molecule has 0 saturated carbocycles. The summed E-state index contributed by atoms with van der Waals surface area (Å²) in [5, 5.41) is 0. The van der Waals surface area contributed by atoms with Crippen molar-refractivity contribution in [1.82, 2.24) is 0 Å². The molecule has 0 amide bonds. The molecule has 2 heteroatoms. The van der Waals surface area contributed by atoms with Gasteiger partial charge in [0.15, 0.2) is 0 Å². The van der Waals surface area contributed by atoms with Gasteiger partial charge >= 0.3 is 0 Å². The Labute approximate surface area is 104 Å². The van der Waals surface area contributed by atoms with Crippen LogP contribution in [0.3, 0.4) is 0 Å². The number of hydrogen-bond acceptors (Lipinski definition) is 1. The van der Waals surface area contributed by atoms with Crippen LogP contribution in [-0.4, -0.2) is 19.1 Å². The topological polar surface area (TPSA) is 9.23 Å². The largest absolute Gasteiger partial charge is 0.382 e. The van der Waals surface area contributed by atoms with Crippen molar-refractivity contribution in [2.24, 2.45) is 5.92 Å². The lowest BCUT2D eigenvalue weighted by Crippen LogP contribution is -2.16. The summed E-state index contributed by atoms with van der Waals surface area (Å²) in [5.74, 6) is 1.20. The summed E-state index contributed by atoms with van der Waals surface area (Å²) in [6.07, 6.45) is 2.35. The van der Waals surface area contributed by atoms with Gasteiger partial charge in [0.2, 0.25) is 0 Å². The number of hydrogen-bond donors (Lipinski definition) is 0. The first-order chi connectivity index (χ1) is 7.65. The third kappa shape index (κ3) is 4.54. The fourth-order valence-electron chi connectivity index (χ4n) is 1.82. The van der Waals surface area contributed by atoms with Gasteiger partial charge in [0.25, 0.3) is 0 Å². The van der Waals surface area contributed by atoms with Gasteiger partial charge in [0.1, 0.15) is 0 Å². The van der Waals surface area contributed by atoms with E-state index in [2.05, 4.69) is 38.1 Å². The number of benzene rings is 1. The summed E-state index contributed by atoms with van der Waals surface area (Å²) >= 11 is 5.99. The Balaban J connectivity index is 2.52. The maximum atomic E-state index is 5.99. The van der Waals surface area contributed by atoms with Gasteiger partial charge < -0.3 is 4.74 Å². The minimum atomic E-state index is 0.286. The van der Waals surface area contributed by atoms with Gasteiger partial charge in [-0.1, -0.05) is 29.8 Å². The van der Waals surface area contributed by atoms with Crippen LogP contribution >= 0.6 is 11.6 Å². The monoisotopic (exact) mass is 240 g/mol. The number of methoxy groups -OCH3 is 1. The first-order valence-corrected chi connectivity index (χ1v) is 6.33. The summed E-state index contributed by atoms with van der Waals surface area (Å²) in [4.78, 5) is 0. The van der Waals surface area contributed by atoms with Crippen LogP contribution in [-0.2, 0) is 11.2 Å². The van der Waals surface area contributed by atoms with Crippen LogP contribution in [0.5, 0.6) is 0 Å². The molecule has 0 spiro atoms. The zero-order chi connectivity index (χ0) is 12.0. The van der Waals surface area contributed by atoms with E-state index in [9.17, 15) is 0 Å². The molecule has 1 aromatic rings. The molecule has 0 radical (unpaired) electrons. The second-order valence-corrected chi connectivity index (χ2v) is 4.80. The van der Waals surface area contributed by atoms with E-state index in [1.807, 2.05) is 0 Å². The lowest BCUT2D eigenvalue weighted by atomic mass is 9.95. The molecule has 0 bridgehead atoms. The van der Waals surface area contributed by atoms with Crippen LogP contribution in [0.15, 0.2) is 24.3 Å². The van der Waals surface area contributed by atoms with E-state index in [1.165, 1.54) is 11.1 Å². The van der Waals surface area contributed by atoms with E-state index in [1.54, 1.807) is 7.11 Å². The third-order valence-electron chi connectivity index (χ3n) is 2.93. The number of alkyl halides is 1. The molecule has 0 N–H and O–H groups in total. The number of ether oxygens (including phenoxy) is 1. The lowest BCUT2D eigenvalue weighted by molar-refractivity contribution is 0.0978. The van der Waals surface area contributed by atoms with E-state index < -0.39 is 0 Å². The van der Waals surface area contributed by atoms with Gasteiger partial charge in [0.05, 0.1) is 6.10 Å². The summed E-state index contributed by atoms with van der Waals surface area (Å²) in [5.41, 5.74) is 2.66. The fraction of sp³-hybridized carbons (Fsp3) is 0.571. The predicted octanol–water partition coefficient (Wildman–Crippen LogP) is 3.82. The number of aryl methyl sites for hydroxylation is 1. The van der Waals surface area contributed by atoms with E-state index in [0.717, 1.165) is 12.8 Å². The van der Waals surface area contributed by atoms with Crippen LogP contribution in [0.2, 0.25) is 0 Å². The van der Waals surface area contributed by atoms with Gasteiger partial charge in [-0.3, -0.25) is 0 Å². The average molecular weight is 241 g/mol. The third-order valence-corrected chi connectivity index (χ3v) is 3.37. The van der Waals surface area contributed by atoms with Crippen LogP contribution < -0.4 is 0 Å². The smallest absolute Gasteiger partial charge is 0.0546 e. The normalized spacial score (nSPS) is 14.8. The zero-order valence-corrected chi connectivity index (χ0v) is 11.1. The van der Waals surface area contributed by atoms with Crippen molar-refractivity contribution in [3.8, 4) is 0 Å². The summed E-state index contributed by atoms with van der Waals surface area (Å²) < 4.78 is 5.28. The highest BCUT2D eigenvalue weighted by molar-refractivity contribution is 6.18. The fourth-order valence-corrected chi connectivity index (χ4v) is 2.06. The van der Waals surface area contributed by atoms with Crippen LogP contribution in [0, 0.1) is 12.8 Å². The highest BCUT2D eigenvalue weighted by Gasteiger charge is 2.12. The number of halogens is 1. The molecule has 0 aliphatic carbocycles. The Kier molecular flexibility index (Phi) is 5.86.